The lowest BCUT2D eigenvalue weighted by atomic mass is 10.0. The molecule has 0 bridgehead atoms. The van der Waals surface area contributed by atoms with E-state index in [1.54, 1.807) is 19.4 Å². The van der Waals surface area contributed by atoms with E-state index in [1.807, 2.05) is 56.3 Å². The van der Waals surface area contributed by atoms with Gasteiger partial charge in [0.05, 0.1) is 19.3 Å². The molecule has 0 fully saturated rings. The first-order valence-electron chi connectivity index (χ1n) is 9.91. The van der Waals surface area contributed by atoms with Crippen LogP contribution in [0.2, 0.25) is 0 Å². The van der Waals surface area contributed by atoms with E-state index in [1.165, 1.54) is 0 Å². The summed E-state index contributed by atoms with van der Waals surface area (Å²) < 4.78 is 16.1. The maximum absolute atomic E-state index is 12.6. The van der Waals surface area contributed by atoms with E-state index in [2.05, 4.69) is 21.5 Å². The normalized spacial score (nSPS) is 11.8. The Balaban J connectivity index is 1.38. The number of ether oxygens (including phenoxy) is 2. The van der Waals surface area contributed by atoms with Crippen molar-refractivity contribution in [3.63, 3.8) is 0 Å². The number of aromatic nitrogens is 2. The summed E-state index contributed by atoms with van der Waals surface area (Å²) in [5.74, 6) is 1.58. The van der Waals surface area contributed by atoms with E-state index in [0.29, 0.717) is 11.5 Å². The Hall–Kier alpha value is -3.87. The summed E-state index contributed by atoms with van der Waals surface area (Å²) in [6.45, 7) is 3.99. The van der Waals surface area contributed by atoms with Gasteiger partial charge in [-0.25, -0.2) is 0 Å². The van der Waals surface area contributed by atoms with Crippen molar-refractivity contribution in [2.75, 3.05) is 7.11 Å². The molecule has 0 saturated heterocycles. The number of nitrogens with one attached hydrogen (secondary N) is 1. The molecule has 7 heteroatoms. The average Bonchev–Trinajstić information content (AvgIpc) is 3.27. The zero-order valence-corrected chi connectivity index (χ0v) is 17.6. The minimum Gasteiger partial charge on any atom is -0.497 e. The Bertz CT molecular complexity index is 1200. The number of amides is 1. The summed E-state index contributed by atoms with van der Waals surface area (Å²) in [6.07, 6.45) is 1.64. The lowest BCUT2D eigenvalue weighted by Crippen LogP contribution is -2.26. The van der Waals surface area contributed by atoms with Gasteiger partial charge in [-0.05, 0) is 60.5 Å². The number of carbonyl (C=O) groups is 1. The summed E-state index contributed by atoms with van der Waals surface area (Å²) >= 11 is 0. The first-order valence-corrected chi connectivity index (χ1v) is 9.91. The van der Waals surface area contributed by atoms with Crippen LogP contribution in [-0.2, 0) is 6.61 Å². The number of pyridine rings is 1. The van der Waals surface area contributed by atoms with E-state index >= 15 is 0 Å². The number of methoxy groups -OCH3 is 1. The number of aryl methyl sites for hydroxylation is 1. The van der Waals surface area contributed by atoms with Gasteiger partial charge in [-0.1, -0.05) is 23.4 Å². The zero-order chi connectivity index (χ0) is 21.8. The molecular weight excluding hydrogens is 394 g/mol. The second-order valence-corrected chi connectivity index (χ2v) is 7.27. The molecule has 0 aliphatic heterocycles. The standard InChI is InChI=1S/C24H23N3O4/c1-15-4-8-21(13-25-15)30-14-22-12-23(27-31-22)24(28)26-16(2)17-5-6-19-11-20(29-3)9-7-18(19)10-17/h4-13,16H,14H2,1-3H3,(H,26,28)/t16-/m0/s1. The Kier molecular flexibility index (Phi) is 5.84. The van der Waals surface area contributed by atoms with Crippen LogP contribution in [0.4, 0.5) is 0 Å². The fourth-order valence-corrected chi connectivity index (χ4v) is 3.17. The van der Waals surface area contributed by atoms with Crippen LogP contribution in [0.3, 0.4) is 0 Å². The number of rotatable bonds is 7. The Morgan fingerprint density at radius 1 is 1.06 bits per heavy atom. The van der Waals surface area contributed by atoms with Crippen LogP contribution in [-0.4, -0.2) is 23.2 Å². The highest BCUT2D eigenvalue weighted by Crippen LogP contribution is 2.24. The average molecular weight is 417 g/mol. The molecule has 7 nitrogen and oxygen atoms in total. The Morgan fingerprint density at radius 2 is 1.84 bits per heavy atom. The maximum atomic E-state index is 12.6. The molecule has 0 aliphatic carbocycles. The van der Waals surface area contributed by atoms with Gasteiger partial charge in [0, 0.05) is 11.8 Å². The molecule has 2 aromatic carbocycles. The third-order valence-electron chi connectivity index (χ3n) is 4.98. The van der Waals surface area contributed by atoms with Gasteiger partial charge in [-0.3, -0.25) is 9.78 Å². The van der Waals surface area contributed by atoms with Crippen LogP contribution in [0.25, 0.3) is 10.8 Å². The summed E-state index contributed by atoms with van der Waals surface area (Å²) in [7, 11) is 1.65. The molecule has 2 heterocycles. The van der Waals surface area contributed by atoms with Crippen molar-refractivity contribution < 1.29 is 18.8 Å². The van der Waals surface area contributed by atoms with Crippen molar-refractivity contribution in [3.05, 3.63) is 83.5 Å². The highest BCUT2D eigenvalue weighted by molar-refractivity contribution is 5.92. The summed E-state index contributed by atoms with van der Waals surface area (Å²) in [5.41, 5.74) is 2.11. The molecule has 1 N–H and O–H groups in total. The molecular formula is C24H23N3O4. The first kappa shape index (κ1) is 20.4. The number of carbonyl (C=O) groups excluding carboxylic acids is 1. The maximum Gasteiger partial charge on any atom is 0.273 e. The minimum atomic E-state index is -0.311. The lowest BCUT2D eigenvalue weighted by Gasteiger charge is -2.14. The fraction of sp³-hybridized carbons (Fsp3) is 0.208. The molecule has 0 spiro atoms. The topological polar surface area (TPSA) is 86.5 Å². The second-order valence-electron chi connectivity index (χ2n) is 7.27. The number of nitrogens with zero attached hydrogens (tertiary/aromatic N) is 2. The van der Waals surface area contributed by atoms with Gasteiger partial charge < -0.3 is 19.3 Å². The molecule has 1 amide bonds. The summed E-state index contributed by atoms with van der Waals surface area (Å²) in [4.78, 5) is 16.8. The van der Waals surface area contributed by atoms with E-state index in [-0.39, 0.29) is 24.2 Å². The first-order chi connectivity index (χ1) is 15.0. The molecule has 0 radical (unpaired) electrons. The van der Waals surface area contributed by atoms with Gasteiger partial charge >= 0.3 is 0 Å². The number of hydrogen-bond donors (Lipinski definition) is 1. The van der Waals surface area contributed by atoms with Crippen molar-refractivity contribution in [2.24, 2.45) is 0 Å². The third kappa shape index (κ3) is 4.83. The van der Waals surface area contributed by atoms with Crippen molar-refractivity contribution in [1.82, 2.24) is 15.5 Å². The molecule has 4 aromatic rings. The Morgan fingerprint density at radius 3 is 2.61 bits per heavy atom. The minimum absolute atomic E-state index is 0.161. The van der Waals surface area contributed by atoms with Crippen molar-refractivity contribution >= 4 is 16.7 Å². The zero-order valence-electron chi connectivity index (χ0n) is 17.6. The Labute approximate surface area is 180 Å². The smallest absolute Gasteiger partial charge is 0.273 e. The van der Waals surface area contributed by atoms with Crippen LogP contribution in [0, 0.1) is 6.92 Å². The van der Waals surface area contributed by atoms with Crippen LogP contribution < -0.4 is 14.8 Å². The van der Waals surface area contributed by atoms with Crippen molar-refractivity contribution in [3.8, 4) is 11.5 Å². The predicted octanol–water partition coefficient (Wildman–Crippen LogP) is 4.61. The predicted molar refractivity (Wildman–Crippen MR) is 116 cm³/mol. The molecule has 2 aromatic heterocycles. The second kappa shape index (κ2) is 8.87. The summed E-state index contributed by atoms with van der Waals surface area (Å²) in [6, 6.07) is 17.0. The molecule has 0 unspecified atom stereocenters. The van der Waals surface area contributed by atoms with E-state index in [4.69, 9.17) is 14.0 Å². The fourth-order valence-electron chi connectivity index (χ4n) is 3.17. The van der Waals surface area contributed by atoms with E-state index < -0.39 is 0 Å². The summed E-state index contributed by atoms with van der Waals surface area (Å²) in [5, 5.41) is 8.97. The van der Waals surface area contributed by atoms with Gasteiger partial charge in [-0.15, -0.1) is 0 Å². The monoisotopic (exact) mass is 417 g/mol. The van der Waals surface area contributed by atoms with Crippen molar-refractivity contribution in [1.29, 1.82) is 0 Å². The molecule has 31 heavy (non-hydrogen) atoms. The third-order valence-corrected chi connectivity index (χ3v) is 4.98. The molecule has 158 valence electrons. The van der Waals surface area contributed by atoms with Crippen LogP contribution >= 0.6 is 0 Å². The highest BCUT2D eigenvalue weighted by Gasteiger charge is 2.16. The van der Waals surface area contributed by atoms with Crippen LogP contribution in [0.1, 0.15) is 40.5 Å². The largest absolute Gasteiger partial charge is 0.497 e. The highest BCUT2D eigenvalue weighted by atomic mass is 16.5. The molecule has 0 saturated carbocycles. The van der Waals surface area contributed by atoms with Crippen LogP contribution in [0.15, 0.2) is 65.3 Å². The molecule has 4 rings (SSSR count). The van der Waals surface area contributed by atoms with Gasteiger partial charge in [0.2, 0.25) is 0 Å². The lowest BCUT2D eigenvalue weighted by molar-refractivity contribution is 0.0930. The van der Waals surface area contributed by atoms with Crippen LogP contribution in [0.5, 0.6) is 11.5 Å². The quantitative estimate of drug-likeness (QED) is 0.473. The molecule has 0 aliphatic rings. The van der Waals surface area contributed by atoms with Crippen molar-refractivity contribution in [2.45, 2.75) is 26.5 Å². The van der Waals surface area contributed by atoms with Gasteiger partial charge in [-0.2, -0.15) is 0 Å². The van der Waals surface area contributed by atoms with Gasteiger partial charge in [0.15, 0.2) is 11.5 Å². The van der Waals surface area contributed by atoms with Gasteiger partial charge in [0.25, 0.3) is 5.91 Å². The van der Waals surface area contributed by atoms with Gasteiger partial charge in [0.1, 0.15) is 18.1 Å². The number of hydrogen-bond acceptors (Lipinski definition) is 6. The SMILES string of the molecule is COc1ccc2cc([C@H](C)NC(=O)c3cc(COc4ccc(C)nc4)on3)ccc2c1. The number of fused-ring (bicyclic) bond motifs is 1. The number of benzene rings is 2. The molecule has 1 atom stereocenters. The van der Waals surface area contributed by atoms with E-state index in [9.17, 15) is 4.79 Å². The van der Waals surface area contributed by atoms with E-state index in [0.717, 1.165) is 27.8 Å².